The molecule has 1 fully saturated rings. The Hall–Kier alpha value is -0.480. The first-order valence-corrected chi connectivity index (χ1v) is 8.37. The summed E-state index contributed by atoms with van der Waals surface area (Å²) in [6.45, 7) is 8.98. The van der Waals surface area contributed by atoms with Gasteiger partial charge < -0.3 is 5.32 Å². The van der Waals surface area contributed by atoms with Gasteiger partial charge in [-0.3, -0.25) is 4.99 Å². The summed E-state index contributed by atoms with van der Waals surface area (Å²) in [4.78, 5) is 6.32. The third-order valence-corrected chi connectivity index (χ3v) is 4.97. The fourth-order valence-corrected chi connectivity index (χ4v) is 4.27. The Bertz CT molecular complexity index is 407. The van der Waals surface area contributed by atoms with Crippen LogP contribution in [-0.4, -0.2) is 16.5 Å². The Balaban J connectivity index is 2.18. The molecule has 0 aromatic carbocycles. The van der Waals surface area contributed by atoms with E-state index in [0.29, 0.717) is 5.92 Å². The molecular weight excluding hydrogens is 260 g/mol. The van der Waals surface area contributed by atoms with E-state index in [1.165, 1.54) is 11.3 Å². The number of nitrogens with zero attached hydrogens (tertiary/aromatic N) is 1. The number of hydrogen-bond acceptors (Lipinski definition) is 3. The lowest BCUT2D eigenvalue weighted by atomic mass is 10.0. The van der Waals surface area contributed by atoms with Crippen molar-refractivity contribution in [2.45, 2.75) is 45.7 Å². The summed E-state index contributed by atoms with van der Waals surface area (Å²) in [6.07, 6.45) is 1.20. The molecule has 4 heteroatoms. The van der Waals surface area contributed by atoms with Gasteiger partial charge in [-0.25, -0.2) is 0 Å². The molecule has 1 atom stereocenters. The van der Waals surface area contributed by atoms with Crippen LogP contribution >= 0.6 is 23.1 Å². The maximum absolute atomic E-state index is 4.95. The average molecular weight is 282 g/mol. The van der Waals surface area contributed by atoms with Gasteiger partial charge in [-0.1, -0.05) is 31.7 Å². The highest BCUT2D eigenvalue weighted by molar-refractivity contribution is 8.13. The zero-order valence-corrected chi connectivity index (χ0v) is 13.2. The van der Waals surface area contributed by atoms with E-state index in [1.807, 2.05) is 11.8 Å². The Labute approximate surface area is 118 Å². The molecule has 18 heavy (non-hydrogen) atoms. The SMILES string of the molecule is CC(C)C(N=C1NC(C)(C)CCS1)c1cccs1. The molecule has 1 aliphatic rings. The van der Waals surface area contributed by atoms with Gasteiger partial charge in [0.25, 0.3) is 0 Å². The first-order valence-electron chi connectivity index (χ1n) is 6.50. The standard InChI is InChI=1S/C14H22N2S2/c1-10(2)12(11-6-5-8-17-11)15-13-16-14(3,4)7-9-18-13/h5-6,8,10,12H,7,9H2,1-4H3,(H,15,16). The minimum absolute atomic E-state index is 0.182. The molecule has 1 aromatic rings. The minimum Gasteiger partial charge on any atom is -0.360 e. The van der Waals surface area contributed by atoms with Gasteiger partial charge in [-0.15, -0.1) is 11.3 Å². The quantitative estimate of drug-likeness (QED) is 0.893. The van der Waals surface area contributed by atoms with Crippen molar-refractivity contribution in [3.63, 3.8) is 0 Å². The summed E-state index contributed by atoms with van der Waals surface area (Å²) >= 11 is 3.66. The first kappa shape index (κ1) is 13.9. The molecule has 1 saturated heterocycles. The van der Waals surface area contributed by atoms with Crippen molar-refractivity contribution in [3.8, 4) is 0 Å². The number of thiophene rings is 1. The monoisotopic (exact) mass is 282 g/mol. The number of aliphatic imine (C=N–C) groups is 1. The summed E-state index contributed by atoms with van der Waals surface area (Å²) in [7, 11) is 0. The van der Waals surface area contributed by atoms with Crippen molar-refractivity contribution in [2.75, 3.05) is 5.75 Å². The maximum Gasteiger partial charge on any atom is 0.157 e. The normalized spacial score (nSPS) is 23.1. The van der Waals surface area contributed by atoms with Gasteiger partial charge in [-0.2, -0.15) is 0 Å². The minimum atomic E-state index is 0.182. The highest BCUT2D eigenvalue weighted by Gasteiger charge is 2.26. The number of nitrogens with one attached hydrogen (secondary N) is 1. The summed E-state index contributed by atoms with van der Waals surface area (Å²) in [5, 5.41) is 6.80. The third kappa shape index (κ3) is 3.51. The lowest BCUT2D eigenvalue weighted by Gasteiger charge is -2.33. The van der Waals surface area contributed by atoms with E-state index in [1.54, 1.807) is 11.3 Å². The average Bonchev–Trinajstić information content (AvgIpc) is 2.77. The van der Waals surface area contributed by atoms with Crippen molar-refractivity contribution >= 4 is 28.3 Å². The van der Waals surface area contributed by atoms with Crippen molar-refractivity contribution < 1.29 is 0 Å². The van der Waals surface area contributed by atoms with E-state index in [2.05, 4.69) is 50.5 Å². The van der Waals surface area contributed by atoms with Crippen molar-refractivity contribution in [1.82, 2.24) is 5.32 Å². The fourth-order valence-electron chi connectivity index (χ4n) is 1.99. The van der Waals surface area contributed by atoms with Crippen LogP contribution in [0.5, 0.6) is 0 Å². The molecule has 1 unspecified atom stereocenters. The van der Waals surface area contributed by atoms with Crippen molar-refractivity contribution in [1.29, 1.82) is 0 Å². The molecule has 2 heterocycles. The van der Waals surface area contributed by atoms with E-state index in [9.17, 15) is 0 Å². The van der Waals surface area contributed by atoms with Crippen molar-refractivity contribution in [2.24, 2.45) is 10.9 Å². The summed E-state index contributed by atoms with van der Waals surface area (Å²) in [6, 6.07) is 4.59. The fraction of sp³-hybridized carbons (Fsp3) is 0.643. The van der Waals surface area contributed by atoms with Gasteiger partial charge in [0.2, 0.25) is 0 Å². The highest BCUT2D eigenvalue weighted by atomic mass is 32.2. The molecule has 1 aromatic heterocycles. The van der Waals surface area contributed by atoms with Crippen LogP contribution in [0.2, 0.25) is 0 Å². The molecule has 1 aliphatic heterocycles. The van der Waals surface area contributed by atoms with Crippen LogP contribution in [0.1, 0.15) is 45.0 Å². The molecule has 0 radical (unpaired) electrons. The van der Waals surface area contributed by atoms with Crippen LogP contribution < -0.4 is 5.32 Å². The number of thioether (sulfide) groups is 1. The van der Waals surface area contributed by atoms with Crippen molar-refractivity contribution in [3.05, 3.63) is 22.4 Å². The Kier molecular flexibility index (Phi) is 4.38. The van der Waals surface area contributed by atoms with Crippen LogP contribution in [0.4, 0.5) is 0 Å². The Morgan fingerprint density at radius 3 is 2.72 bits per heavy atom. The van der Waals surface area contributed by atoms with Crippen LogP contribution in [0, 0.1) is 5.92 Å². The molecule has 100 valence electrons. The lowest BCUT2D eigenvalue weighted by Crippen LogP contribution is -2.46. The summed E-state index contributed by atoms with van der Waals surface area (Å²) < 4.78 is 0. The van der Waals surface area contributed by atoms with Gasteiger partial charge in [-0.05, 0) is 37.6 Å². The molecule has 0 saturated carbocycles. The van der Waals surface area contributed by atoms with E-state index in [0.717, 1.165) is 10.9 Å². The van der Waals surface area contributed by atoms with E-state index >= 15 is 0 Å². The molecule has 0 bridgehead atoms. The molecule has 0 spiro atoms. The van der Waals surface area contributed by atoms with E-state index < -0.39 is 0 Å². The smallest absolute Gasteiger partial charge is 0.157 e. The van der Waals surface area contributed by atoms with Crippen LogP contribution in [0.25, 0.3) is 0 Å². The first-order chi connectivity index (χ1) is 8.48. The Morgan fingerprint density at radius 1 is 1.39 bits per heavy atom. The summed E-state index contributed by atoms with van der Waals surface area (Å²) in [5.41, 5.74) is 0.182. The van der Waals surface area contributed by atoms with Gasteiger partial charge in [0, 0.05) is 16.2 Å². The largest absolute Gasteiger partial charge is 0.360 e. The van der Waals surface area contributed by atoms with Gasteiger partial charge in [0.05, 0.1) is 6.04 Å². The van der Waals surface area contributed by atoms with Crippen LogP contribution in [0.3, 0.4) is 0 Å². The number of hydrogen-bond donors (Lipinski definition) is 1. The predicted molar refractivity (Wildman–Crippen MR) is 83.6 cm³/mol. The molecular formula is C14H22N2S2. The zero-order chi connectivity index (χ0) is 13.2. The molecule has 1 N–H and O–H groups in total. The zero-order valence-electron chi connectivity index (χ0n) is 11.6. The Morgan fingerprint density at radius 2 is 2.17 bits per heavy atom. The lowest BCUT2D eigenvalue weighted by molar-refractivity contribution is 0.441. The van der Waals surface area contributed by atoms with Crippen LogP contribution in [0.15, 0.2) is 22.5 Å². The number of rotatable bonds is 3. The third-order valence-electron chi connectivity index (χ3n) is 3.13. The second kappa shape index (κ2) is 5.66. The summed E-state index contributed by atoms with van der Waals surface area (Å²) in [5.74, 6) is 1.69. The maximum atomic E-state index is 4.95. The molecule has 2 rings (SSSR count). The van der Waals surface area contributed by atoms with Gasteiger partial charge in [0.15, 0.2) is 5.17 Å². The predicted octanol–water partition coefficient (Wildman–Crippen LogP) is 4.31. The van der Waals surface area contributed by atoms with E-state index in [4.69, 9.17) is 4.99 Å². The van der Waals surface area contributed by atoms with E-state index in [-0.39, 0.29) is 11.6 Å². The molecule has 0 amide bonds. The van der Waals surface area contributed by atoms with Gasteiger partial charge >= 0.3 is 0 Å². The topological polar surface area (TPSA) is 24.4 Å². The molecule has 2 nitrogen and oxygen atoms in total. The second-order valence-corrected chi connectivity index (χ2v) is 7.81. The van der Waals surface area contributed by atoms with Crippen LogP contribution in [-0.2, 0) is 0 Å². The van der Waals surface area contributed by atoms with Gasteiger partial charge in [0.1, 0.15) is 0 Å². The molecule has 0 aliphatic carbocycles. The number of amidine groups is 1. The highest BCUT2D eigenvalue weighted by Crippen LogP contribution is 2.31. The second-order valence-electron chi connectivity index (χ2n) is 5.75.